The molecule has 0 saturated carbocycles. The summed E-state index contributed by atoms with van der Waals surface area (Å²) in [6.45, 7) is 1.83. The van der Waals surface area contributed by atoms with Crippen LogP contribution in [-0.2, 0) is 4.79 Å². The SMILES string of the molecule is Cc1cccc(Cl)c1NC(=O)/C(C#N)=C/c1cccc(Cl)c1. The molecule has 0 bridgehead atoms. The molecule has 1 N–H and O–H groups in total. The van der Waals surface area contributed by atoms with Crippen LogP contribution < -0.4 is 5.32 Å². The Morgan fingerprint density at radius 2 is 1.95 bits per heavy atom. The molecule has 0 saturated heterocycles. The molecule has 22 heavy (non-hydrogen) atoms. The second-order valence-electron chi connectivity index (χ2n) is 4.61. The molecular weight excluding hydrogens is 319 g/mol. The fourth-order valence-electron chi connectivity index (χ4n) is 1.88. The lowest BCUT2D eigenvalue weighted by atomic mass is 10.1. The fraction of sp³-hybridized carbons (Fsp3) is 0.0588. The first kappa shape index (κ1) is 16.1. The summed E-state index contributed by atoms with van der Waals surface area (Å²) >= 11 is 12.0. The first-order chi connectivity index (χ1) is 10.5. The summed E-state index contributed by atoms with van der Waals surface area (Å²) in [5.41, 5.74) is 1.97. The van der Waals surface area contributed by atoms with E-state index in [2.05, 4.69) is 5.32 Å². The third-order valence-electron chi connectivity index (χ3n) is 2.99. The summed E-state index contributed by atoms with van der Waals surface area (Å²) < 4.78 is 0. The highest BCUT2D eigenvalue weighted by molar-refractivity contribution is 6.34. The smallest absolute Gasteiger partial charge is 0.266 e. The van der Waals surface area contributed by atoms with Crippen LogP contribution >= 0.6 is 23.2 Å². The zero-order valence-corrected chi connectivity index (χ0v) is 13.2. The van der Waals surface area contributed by atoms with Gasteiger partial charge in [0.2, 0.25) is 0 Å². The Labute approximate surface area is 138 Å². The molecule has 0 atom stereocenters. The average molecular weight is 331 g/mol. The number of hydrogen-bond acceptors (Lipinski definition) is 2. The Bertz CT molecular complexity index is 771. The topological polar surface area (TPSA) is 52.9 Å². The molecule has 0 aliphatic heterocycles. The zero-order chi connectivity index (χ0) is 16.1. The van der Waals surface area contributed by atoms with Gasteiger partial charge >= 0.3 is 0 Å². The maximum absolute atomic E-state index is 12.2. The van der Waals surface area contributed by atoms with Gasteiger partial charge in [-0.15, -0.1) is 0 Å². The van der Waals surface area contributed by atoms with Crippen LogP contribution in [-0.4, -0.2) is 5.91 Å². The monoisotopic (exact) mass is 330 g/mol. The molecule has 2 rings (SSSR count). The molecule has 0 unspecified atom stereocenters. The number of nitriles is 1. The fourth-order valence-corrected chi connectivity index (χ4v) is 2.35. The highest BCUT2D eigenvalue weighted by Crippen LogP contribution is 2.26. The van der Waals surface area contributed by atoms with Gasteiger partial charge in [-0.3, -0.25) is 4.79 Å². The van der Waals surface area contributed by atoms with Crippen LogP contribution in [0.4, 0.5) is 5.69 Å². The number of carbonyl (C=O) groups is 1. The Morgan fingerprint density at radius 3 is 2.59 bits per heavy atom. The number of hydrogen-bond donors (Lipinski definition) is 1. The molecule has 0 heterocycles. The van der Waals surface area contributed by atoms with E-state index in [1.165, 1.54) is 6.08 Å². The summed E-state index contributed by atoms with van der Waals surface area (Å²) in [7, 11) is 0. The van der Waals surface area contributed by atoms with Gasteiger partial charge < -0.3 is 5.32 Å². The molecule has 0 aliphatic rings. The summed E-state index contributed by atoms with van der Waals surface area (Å²) in [6.07, 6.45) is 1.48. The largest absolute Gasteiger partial charge is 0.320 e. The molecule has 0 spiro atoms. The maximum Gasteiger partial charge on any atom is 0.266 e. The lowest BCUT2D eigenvalue weighted by molar-refractivity contribution is -0.112. The lowest BCUT2D eigenvalue weighted by Gasteiger charge is -2.09. The van der Waals surface area contributed by atoms with Crippen LogP contribution in [0.15, 0.2) is 48.0 Å². The van der Waals surface area contributed by atoms with Crippen LogP contribution in [0.3, 0.4) is 0 Å². The minimum Gasteiger partial charge on any atom is -0.320 e. The predicted octanol–water partition coefficient (Wildman–Crippen LogP) is 4.85. The second-order valence-corrected chi connectivity index (χ2v) is 5.45. The Morgan fingerprint density at radius 1 is 1.23 bits per heavy atom. The number of nitrogens with zero attached hydrogens (tertiary/aromatic N) is 1. The summed E-state index contributed by atoms with van der Waals surface area (Å²) in [5.74, 6) is -0.515. The van der Waals surface area contributed by atoms with Crippen LogP contribution in [0, 0.1) is 18.3 Å². The number of rotatable bonds is 3. The van der Waals surface area contributed by atoms with Crippen molar-refractivity contribution in [1.29, 1.82) is 5.26 Å². The van der Waals surface area contributed by atoms with Gasteiger partial charge in [-0.25, -0.2) is 0 Å². The minimum atomic E-state index is -0.515. The molecule has 2 aromatic carbocycles. The predicted molar refractivity (Wildman–Crippen MR) is 89.9 cm³/mol. The van der Waals surface area contributed by atoms with E-state index in [-0.39, 0.29) is 5.57 Å². The van der Waals surface area contributed by atoms with Crippen molar-refractivity contribution in [3.05, 3.63) is 69.2 Å². The molecule has 3 nitrogen and oxygen atoms in total. The van der Waals surface area contributed by atoms with Crippen molar-refractivity contribution >= 4 is 40.9 Å². The van der Waals surface area contributed by atoms with Crippen LogP contribution in [0.5, 0.6) is 0 Å². The van der Waals surface area contributed by atoms with E-state index < -0.39 is 5.91 Å². The highest BCUT2D eigenvalue weighted by atomic mass is 35.5. The van der Waals surface area contributed by atoms with Gasteiger partial charge in [0.25, 0.3) is 5.91 Å². The average Bonchev–Trinajstić information content (AvgIpc) is 2.48. The summed E-state index contributed by atoms with van der Waals surface area (Å²) in [6, 6.07) is 14.1. The first-order valence-electron chi connectivity index (χ1n) is 6.45. The van der Waals surface area contributed by atoms with E-state index in [1.54, 1.807) is 36.4 Å². The summed E-state index contributed by atoms with van der Waals surface area (Å²) in [4.78, 5) is 12.2. The second kappa shape index (κ2) is 7.13. The van der Waals surface area contributed by atoms with E-state index in [9.17, 15) is 10.1 Å². The van der Waals surface area contributed by atoms with Crippen molar-refractivity contribution in [2.24, 2.45) is 0 Å². The van der Waals surface area contributed by atoms with E-state index in [4.69, 9.17) is 23.2 Å². The third kappa shape index (κ3) is 3.88. The van der Waals surface area contributed by atoms with Gasteiger partial charge in [0, 0.05) is 5.02 Å². The van der Waals surface area contributed by atoms with Gasteiger partial charge in [-0.1, -0.05) is 47.5 Å². The number of amides is 1. The van der Waals surface area contributed by atoms with Gasteiger partial charge in [0.05, 0.1) is 10.7 Å². The number of anilines is 1. The molecule has 0 fully saturated rings. The molecule has 0 aromatic heterocycles. The van der Waals surface area contributed by atoms with Crippen molar-refractivity contribution in [2.75, 3.05) is 5.32 Å². The van der Waals surface area contributed by atoms with E-state index in [1.807, 2.05) is 19.1 Å². The third-order valence-corrected chi connectivity index (χ3v) is 3.54. The molecular formula is C17H12Cl2N2O. The Balaban J connectivity index is 2.29. The van der Waals surface area contributed by atoms with Crippen molar-refractivity contribution < 1.29 is 4.79 Å². The minimum absolute atomic E-state index is 0.0263. The van der Waals surface area contributed by atoms with Gasteiger partial charge in [-0.05, 0) is 42.3 Å². The van der Waals surface area contributed by atoms with Crippen LogP contribution in [0.25, 0.3) is 6.08 Å². The zero-order valence-electron chi connectivity index (χ0n) is 11.7. The quantitative estimate of drug-likeness (QED) is 0.646. The van der Waals surface area contributed by atoms with E-state index in [0.29, 0.717) is 21.3 Å². The van der Waals surface area contributed by atoms with Crippen LogP contribution in [0.2, 0.25) is 10.0 Å². The van der Waals surface area contributed by atoms with Crippen LogP contribution in [0.1, 0.15) is 11.1 Å². The van der Waals surface area contributed by atoms with Crippen molar-refractivity contribution in [3.8, 4) is 6.07 Å². The normalized spacial score (nSPS) is 10.9. The van der Waals surface area contributed by atoms with Crippen molar-refractivity contribution in [2.45, 2.75) is 6.92 Å². The highest BCUT2D eigenvalue weighted by Gasteiger charge is 2.13. The standard InChI is InChI=1S/C17H12Cl2N2O/c1-11-4-2-7-15(19)16(11)21-17(22)13(10-20)8-12-5-3-6-14(18)9-12/h2-9H,1H3,(H,21,22)/b13-8+. The Kier molecular flexibility index (Phi) is 5.21. The van der Waals surface area contributed by atoms with Gasteiger partial charge in [-0.2, -0.15) is 5.26 Å². The number of aryl methyl sites for hydroxylation is 1. The maximum atomic E-state index is 12.2. The molecule has 2 aromatic rings. The molecule has 5 heteroatoms. The van der Waals surface area contributed by atoms with Gasteiger partial charge in [0.1, 0.15) is 11.6 Å². The van der Waals surface area contributed by atoms with Crippen molar-refractivity contribution in [3.63, 3.8) is 0 Å². The number of carbonyl (C=O) groups excluding carboxylic acids is 1. The molecule has 1 amide bonds. The molecule has 110 valence electrons. The Hall–Kier alpha value is -2.28. The summed E-state index contributed by atoms with van der Waals surface area (Å²) in [5, 5.41) is 12.8. The first-order valence-corrected chi connectivity index (χ1v) is 7.20. The number of halogens is 2. The van der Waals surface area contributed by atoms with E-state index in [0.717, 1.165) is 5.56 Å². The van der Waals surface area contributed by atoms with Gasteiger partial charge in [0.15, 0.2) is 0 Å². The number of nitrogens with one attached hydrogen (secondary N) is 1. The number of benzene rings is 2. The van der Waals surface area contributed by atoms with Crippen molar-refractivity contribution in [1.82, 2.24) is 0 Å². The molecule has 0 radical (unpaired) electrons. The lowest BCUT2D eigenvalue weighted by Crippen LogP contribution is -2.14. The molecule has 0 aliphatic carbocycles. The number of para-hydroxylation sites is 1. The van der Waals surface area contributed by atoms with E-state index >= 15 is 0 Å².